The van der Waals surface area contributed by atoms with Crippen molar-refractivity contribution in [1.82, 2.24) is 9.55 Å². The molecule has 0 fully saturated rings. The van der Waals surface area contributed by atoms with Gasteiger partial charge >= 0.3 is 5.76 Å². The van der Waals surface area contributed by atoms with Crippen LogP contribution in [0, 0.1) is 5.82 Å². The van der Waals surface area contributed by atoms with Crippen LogP contribution in [-0.4, -0.2) is 9.55 Å². The second-order valence-electron chi connectivity index (χ2n) is 5.83. The third kappa shape index (κ3) is 2.61. The topological polar surface area (TPSA) is 65.1 Å². The van der Waals surface area contributed by atoms with Gasteiger partial charge in [-0.1, -0.05) is 30.3 Å². The summed E-state index contributed by atoms with van der Waals surface area (Å²) in [4.78, 5) is 28.8. The van der Waals surface area contributed by atoms with Gasteiger partial charge in [-0.05, 0) is 29.8 Å². The number of fused-ring (bicyclic) bond motifs is 1. The number of benzene rings is 2. The Hall–Kier alpha value is -3.54. The molecule has 0 aliphatic rings. The van der Waals surface area contributed by atoms with E-state index in [1.807, 2.05) is 6.07 Å². The fraction of sp³-hybridized carbons (Fsp3) is 0.0500. The lowest BCUT2D eigenvalue weighted by Gasteiger charge is -2.11. The zero-order chi connectivity index (χ0) is 18.3. The number of aromatic nitrogens is 2. The molecule has 6 heteroatoms. The molecular weight excluding hydrogens is 335 g/mol. The summed E-state index contributed by atoms with van der Waals surface area (Å²) >= 11 is 0. The summed E-state index contributed by atoms with van der Waals surface area (Å²) in [5.41, 5.74) is 1.87. The highest BCUT2D eigenvalue weighted by Gasteiger charge is 2.17. The first-order valence-electron chi connectivity index (χ1n) is 7.91. The molecule has 0 N–H and O–H groups in total. The summed E-state index contributed by atoms with van der Waals surface area (Å²) in [6.45, 7) is 0. The molecule has 0 atom stereocenters. The summed E-state index contributed by atoms with van der Waals surface area (Å²) in [6.07, 6.45) is 0. The largest absolute Gasteiger partial charge is 0.439 e. The van der Waals surface area contributed by atoms with Crippen molar-refractivity contribution in [2.75, 3.05) is 0 Å². The zero-order valence-corrected chi connectivity index (χ0v) is 13.8. The molecule has 0 saturated heterocycles. The van der Waals surface area contributed by atoms with Crippen molar-refractivity contribution in [3.8, 4) is 22.5 Å². The smallest absolute Gasteiger partial charge is 0.408 e. The Morgan fingerprint density at radius 2 is 1.65 bits per heavy atom. The molecular formula is C20H13FN2O3. The second-order valence-corrected chi connectivity index (χ2v) is 5.83. The van der Waals surface area contributed by atoms with Crippen LogP contribution in [-0.2, 0) is 7.05 Å². The molecule has 0 spiro atoms. The minimum Gasteiger partial charge on any atom is -0.408 e. The van der Waals surface area contributed by atoms with E-state index in [0.29, 0.717) is 16.8 Å². The minimum atomic E-state index is -0.783. The molecule has 4 aromatic rings. The molecule has 0 bridgehead atoms. The normalized spacial score (nSPS) is 11.0. The molecule has 0 aliphatic carbocycles. The Morgan fingerprint density at radius 3 is 2.35 bits per heavy atom. The highest BCUT2D eigenvalue weighted by Crippen LogP contribution is 2.26. The lowest BCUT2D eigenvalue weighted by atomic mass is 10.1. The molecule has 2 aromatic carbocycles. The lowest BCUT2D eigenvalue weighted by molar-refractivity contribution is 0.531. The molecule has 4 rings (SSSR count). The van der Waals surface area contributed by atoms with E-state index < -0.39 is 5.76 Å². The first-order valence-corrected chi connectivity index (χ1v) is 7.91. The SMILES string of the molecule is Cn1c(-c2ccc(F)cc2)cc2oc(=O)nc(-c3ccccc3)c2c1=O. The molecule has 2 aromatic heterocycles. The van der Waals surface area contributed by atoms with Crippen molar-refractivity contribution < 1.29 is 8.81 Å². The van der Waals surface area contributed by atoms with E-state index in [2.05, 4.69) is 4.98 Å². The number of pyridine rings is 1. The maximum absolute atomic E-state index is 13.2. The van der Waals surface area contributed by atoms with Crippen LogP contribution in [0.4, 0.5) is 4.39 Å². The van der Waals surface area contributed by atoms with Crippen molar-refractivity contribution >= 4 is 11.0 Å². The van der Waals surface area contributed by atoms with Crippen molar-refractivity contribution in [2.45, 2.75) is 0 Å². The van der Waals surface area contributed by atoms with Crippen LogP contribution in [0.5, 0.6) is 0 Å². The Kier molecular flexibility index (Phi) is 3.73. The standard InChI is InChI=1S/C20H13FN2O3/c1-23-15(12-7-9-14(21)10-8-12)11-16-17(19(23)24)18(22-20(25)26-16)13-5-3-2-4-6-13/h2-11H,1H3. The fourth-order valence-corrected chi connectivity index (χ4v) is 2.94. The average molecular weight is 348 g/mol. The molecule has 26 heavy (non-hydrogen) atoms. The zero-order valence-electron chi connectivity index (χ0n) is 13.8. The van der Waals surface area contributed by atoms with Crippen molar-refractivity contribution in [3.05, 3.63) is 87.4 Å². The highest BCUT2D eigenvalue weighted by molar-refractivity contribution is 5.92. The van der Waals surface area contributed by atoms with Gasteiger partial charge in [0.25, 0.3) is 5.56 Å². The van der Waals surface area contributed by atoms with E-state index in [0.717, 1.165) is 0 Å². The number of halogens is 1. The fourth-order valence-electron chi connectivity index (χ4n) is 2.94. The number of rotatable bonds is 2. The van der Waals surface area contributed by atoms with Gasteiger partial charge in [0.2, 0.25) is 0 Å². The van der Waals surface area contributed by atoms with Crippen LogP contribution in [0.1, 0.15) is 0 Å². The molecule has 0 aliphatic heterocycles. The molecule has 2 heterocycles. The minimum absolute atomic E-state index is 0.145. The number of hydrogen-bond acceptors (Lipinski definition) is 4. The van der Waals surface area contributed by atoms with Crippen LogP contribution in [0.25, 0.3) is 33.5 Å². The summed E-state index contributed by atoms with van der Waals surface area (Å²) in [5.74, 6) is -1.16. The number of hydrogen-bond donors (Lipinski definition) is 0. The average Bonchev–Trinajstić information content (AvgIpc) is 2.65. The molecule has 0 amide bonds. The summed E-state index contributed by atoms with van der Waals surface area (Å²) in [5, 5.41) is 0.226. The van der Waals surface area contributed by atoms with Crippen LogP contribution in [0.3, 0.4) is 0 Å². The van der Waals surface area contributed by atoms with Gasteiger partial charge in [-0.3, -0.25) is 4.79 Å². The summed E-state index contributed by atoms with van der Waals surface area (Å²) in [7, 11) is 1.61. The first kappa shape index (κ1) is 16.0. The van der Waals surface area contributed by atoms with Crippen LogP contribution in [0.2, 0.25) is 0 Å². The van der Waals surface area contributed by atoms with Gasteiger partial charge in [0.15, 0.2) is 0 Å². The Morgan fingerprint density at radius 1 is 0.962 bits per heavy atom. The monoisotopic (exact) mass is 348 g/mol. The lowest BCUT2D eigenvalue weighted by Crippen LogP contribution is -2.21. The van der Waals surface area contributed by atoms with Crippen LogP contribution >= 0.6 is 0 Å². The quantitative estimate of drug-likeness (QED) is 0.557. The third-order valence-electron chi connectivity index (χ3n) is 4.22. The second kappa shape index (κ2) is 6.07. The van der Waals surface area contributed by atoms with Gasteiger partial charge < -0.3 is 8.98 Å². The summed E-state index contributed by atoms with van der Waals surface area (Å²) in [6, 6.07) is 16.3. The van der Waals surface area contributed by atoms with Crippen molar-refractivity contribution in [2.24, 2.45) is 7.05 Å². The van der Waals surface area contributed by atoms with Gasteiger partial charge in [-0.2, -0.15) is 4.98 Å². The Balaban J connectivity index is 2.07. The van der Waals surface area contributed by atoms with E-state index >= 15 is 0 Å². The molecule has 128 valence electrons. The van der Waals surface area contributed by atoms with Gasteiger partial charge in [0, 0.05) is 18.7 Å². The van der Waals surface area contributed by atoms with Crippen molar-refractivity contribution in [1.29, 1.82) is 0 Å². The van der Waals surface area contributed by atoms with E-state index in [4.69, 9.17) is 4.42 Å². The number of nitrogens with zero attached hydrogens (tertiary/aromatic N) is 2. The molecule has 0 unspecified atom stereocenters. The summed E-state index contributed by atoms with van der Waals surface area (Å²) < 4.78 is 19.8. The van der Waals surface area contributed by atoms with Gasteiger partial charge in [0.05, 0.1) is 11.4 Å². The predicted molar refractivity (Wildman–Crippen MR) is 96.4 cm³/mol. The first-order chi connectivity index (χ1) is 12.5. The van der Waals surface area contributed by atoms with E-state index in [1.54, 1.807) is 49.5 Å². The predicted octanol–water partition coefficient (Wildman–Crippen LogP) is 3.36. The third-order valence-corrected chi connectivity index (χ3v) is 4.22. The highest BCUT2D eigenvalue weighted by atomic mass is 19.1. The van der Waals surface area contributed by atoms with Gasteiger partial charge in [-0.15, -0.1) is 0 Å². The van der Waals surface area contributed by atoms with E-state index in [1.165, 1.54) is 16.7 Å². The molecule has 0 saturated carbocycles. The van der Waals surface area contributed by atoms with Gasteiger partial charge in [0.1, 0.15) is 16.8 Å². The Bertz CT molecular complexity index is 1230. The van der Waals surface area contributed by atoms with E-state index in [9.17, 15) is 14.0 Å². The maximum Gasteiger partial charge on any atom is 0.439 e. The van der Waals surface area contributed by atoms with Crippen LogP contribution < -0.4 is 11.3 Å². The maximum atomic E-state index is 13.2. The van der Waals surface area contributed by atoms with Crippen LogP contribution in [0.15, 0.2) is 74.7 Å². The van der Waals surface area contributed by atoms with Crippen molar-refractivity contribution in [3.63, 3.8) is 0 Å². The Labute approximate surface area is 147 Å². The molecule has 5 nitrogen and oxygen atoms in total. The van der Waals surface area contributed by atoms with E-state index in [-0.39, 0.29) is 28.0 Å². The van der Waals surface area contributed by atoms with Gasteiger partial charge in [-0.25, -0.2) is 9.18 Å². The molecule has 0 radical (unpaired) electrons.